The fraction of sp³-hybridized carbons (Fsp3) is 0.707. The predicted molar refractivity (Wildman–Crippen MR) is 188 cm³/mol. The molecule has 0 aromatic rings. The molecule has 0 aromatic heterocycles. The first-order valence-electron chi connectivity index (χ1n) is 17.3. The SMILES string of the molecule is C.C=C1C=CC2(C)C(=C1)CCC1C2=CCC2(C)C(C(=C)CC)CCC12.CC.CC.CC.CCC1CC2(C(C)C)C=C12. The van der Waals surface area contributed by atoms with Gasteiger partial charge in [0.1, 0.15) is 0 Å². The Morgan fingerprint density at radius 3 is 2.12 bits per heavy atom. The molecule has 0 bridgehead atoms. The fourth-order valence-corrected chi connectivity index (χ4v) is 8.92. The quantitative estimate of drug-likeness (QED) is 0.299. The summed E-state index contributed by atoms with van der Waals surface area (Å²) >= 11 is 0. The Bertz CT molecular complexity index is 1010. The lowest BCUT2D eigenvalue weighted by Crippen LogP contribution is -2.43. The average molecular weight is 563 g/mol. The van der Waals surface area contributed by atoms with Crippen LogP contribution in [0, 0.1) is 45.8 Å². The van der Waals surface area contributed by atoms with Gasteiger partial charge in [-0.05, 0) is 98.9 Å². The topological polar surface area (TPSA) is 0 Å². The van der Waals surface area contributed by atoms with E-state index in [1.807, 2.05) is 41.5 Å². The lowest BCUT2D eigenvalue weighted by atomic mass is 9.52. The van der Waals surface area contributed by atoms with E-state index in [1.165, 1.54) is 56.1 Å². The second-order valence-corrected chi connectivity index (χ2v) is 13.1. The Morgan fingerprint density at radius 2 is 1.61 bits per heavy atom. The Labute approximate surface area is 258 Å². The van der Waals surface area contributed by atoms with Gasteiger partial charge in [0.2, 0.25) is 0 Å². The van der Waals surface area contributed by atoms with Crippen molar-refractivity contribution >= 4 is 0 Å². The Kier molecular flexibility index (Phi) is 13.9. The first-order valence-corrected chi connectivity index (χ1v) is 17.3. The molecule has 6 aliphatic carbocycles. The van der Waals surface area contributed by atoms with E-state index >= 15 is 0 Å². The van der Waals surface area contributed by atoms with Crippen LogP contribution in [0.25, 0.3) is 0 Å². The summed E-state index contributed by atoms with van der Waals surface area (Å²) in [7, 11) is 0. The summed E-state index contributed by atoms with van der Waals surface area (Å²) in [5, 5.41) is 0. The van der Waals surface area contributed by atoms with E-state index in [9.17, 15) is 0 Å². The molecule has 0 spiro atoms. The molecule has 0 amide bonds. The molecule has 0 nitrogen and oxygen atoms in total. The van der Waals surface area contributed by atoms with E-state index in [-0.39, 0.29) is 12.8 Å². The van der Waals surface area contributed by atoms with E-state index in [2.05, 4.69) is 85.1 Å². The van der Waals surface area contributed by atoms with Crippen LogP contribution in [0.5, 0.6) is 0 Å². The minimum Gasteiger partial charge on any atom is -0.0996 e. The van der Waals surface area contributed by atoms with Crippen molar-refractivity contribution in [2.24, 2.45) is 45.8 Å². The van der Waals surface area contributed by atoms with Gasteiger partial charge in [0.05, 0.1) is 0 Å². The van der Waals surface area contributed by atoms with E-state index < -0.39 is 0 Å². The normalized spacial score (nSPS) is 36.2. The number of allylic oxidation sites excluding steroid dienone is 10. The molecule has 0 heteroatoms. The fourth-order valence-electron chi connectivity index (χ4n) is 8.92. The van der Waals surface area contributed by atoms with Gasteiger partial charge in [0.15, 0.2) is 0 Å². The maximum atomic E-state index is 4.43. The van der Waals surface area contributed by atoms with Crippen molar-refractivity contribution in [2.75, 3.05) is 0 Å². The van der Waals surface area contributed by atoms with Gasteiger partial charge < -0.3 is 0 Å². The van der Waals surface area contributed by atoms with Crippen molar-refractivity contribution < 1.29 is 0 Å². The van der Waals surface area contributed by atoms with Crippen LogP contribution < -0.4 is 0 Å². The molecule has 0 aliphatic heterocycles. The van der Waals surface area contributed by atoms with Crippen LogP contribution in [0.4, 0.5) is 0 Å². The molecule has 0 aromatic carbocycles. The van der Waals surface area contributed by atoms with E-state index in [4.69, 9.17) is 0 Å². The molecule has 7 atom stereocenters. The summed E-state index contributed by atoms with van der Waals surface area (Å²) in [4.78, 5) is 0. The number of hydrogen-bond acceptors (Lipinski definition) is 0. The number of rotatable bonds is 4. The van der Waals surface area contributed by atoms with Crippen LogP contribution in [0.2, 0.25) is 0 Å². The predicted octanol–water partition coefficient (Wildman–Crippen LogP) is 13.5. The van der Waals surface area contributed by atoms with Gasteiger partial charge in [0, 0.05) is 10.8 Å². The average Bonchev–Trinajstić information content (AvgIpc) is 3.41. The van der Waals surface area contributed by atoms with E-state index in [1.54, 1.807) is 16.7 Å². The highest BCUT2D eigenvalue weighted by Crippen LogP contribution is 2.68. The molecule has 0 saturated heterocycles. The Balaban J connectivity index is 0.000000414. The molecule has 3 fully saturated rings. The van der Waals surface area contributed by atoms with Gasteiger partial charge in [0.25, 0.3) is 0 Å². The highest BCUT2D eigenvalue weighted by molar-refractivity contribution is 5.51. The minimum atomic E-state index is 0. The zero-order chi connectivity index (χ0) is 30.5. The molecule has 6 aliphatic rings. The van der Waals surface area contributed by atoms with E-state index in [0.717, 1.165) is 36.0 Å². The van der Waals surface area contributed by atoms with Gasteiger partial charge >= 0.3 is 0 Å². The van der Waals surface area contributed by atoms with Gasteiger partial charge in [-0.15, -0.1) is 0 Å². The summed E-state index contributed by atoms with van der Waals surface area (Å²) in [5.41, 5.74) is 9.01. The summed E-state index contributed by atoms with van der Waals surface area (Å²) < 4.78 is 0. The van der Waals surface area contributed by atoms with Gasteiger partial charge in [-0.1, -0.05) is 149 Å². The maximum absolute atomic E-state index is 4.43. The summed E-state index contributed by atoms with van der Waals surface area (Å²) in [6.45, 7) is 34.9. The third-order valence-electron chi connectivity index (χ3n) is 11.4. The van der Waals surface area contributed by atoms with Gasteiger partial charge in [-0.3, -0.25) is 0 Å². The molecule has 3 saturated carbocycles. The molecular formula is C41H70. The second kappa shape index (κ2) is 15.3. The van der Waals surface area contributed by atoms with Crippen molar-refractivity contribution in [1.82, 2.24) is 0 Å². The molecule has 0 heterocycles. The largest absolute Gasteiger partial charge is 0.0996 e. The third-order valence-corrected chi connectivity index (χ3v) is 11.4. The zero-order valence-electron chi connectivity index (χ0n) is 28.8. The molecule has 0 radical (unpaired) electrons. The standard InChI is InChI=1S/C24H32.C10H16.3C2H6.CH4/c1-6-17(3)20-9-10-21-19-8-7-18-15-16(2)11-13-23(18,4)22(19)12-14-24(20,21)5;1-4-8-5-10(7(2)3)6-9(8)10;3*1-2;/h11-13,15,19-21H,2-3,6-10,14H2,1,4-5H3;6-8H,4-5H2,1-3H3;3*1-2H3;1H4. The van der Waals surface area contributed by atoms with Crippen molar-refractivity contribution in [3.63, 3.8) is 0 Å². The summed E-state index contributed by atoms with van der Waals surface area (Å²) in [5.74, 6) is 4.20. The number of hydrogen-bond donors (Lipinski definition) is 0. The van der Waals surface area contributed by atoms with Crippen LogP contribution in [0.1, 0.15) is 142 Å². The molecule has 7 unspecified atom stereocenters. The van der Waals surface area contributed by atoms with Crippen LogP contribution in [0.15, 0.2) is 71.4 Å². The second-order valence-electron chi connectivity index (χ2n) is 13.1. The van der Waals surface area contributed by atoms with E-state index in [0.29, 0.717) is 10.8 Å². The Hall–Kier alpha value is -1.56. The summed E-state index contributed by atoms with van der Waals surface area (Å²) in [6.07, 6.45) is 22.7. The van der Waals surface area contributed by atoms with Crippen molar-refractivity contribution in [1.29, 1.82) is 0 Å². The van der Waals surface area contributed by atoms with Crippen LogP contribution in [-0.2, 0) is 0 Å². The summed E-state index contributed by atoms with van der Waals surface area (Å²) in [6, 6.07) is 0. The molecule has 41 heavy (non-hydrogen) atoms. The Morgan fingerprint density at radius 1 is 0.976 bits per heavy atom. The first-order chi connectivity index (χ1) is 19.1. The lowest BCUT2D eigenvalue weighted by molar-refractivity contribution is 0.104. The monoisotopic (exact) mass is 563 g/mol. The van der Waals surface area contributed by atoms with Crippen molar-refractivity contribution in [3.05, 3.63) is 71.4 Å². The first kappa shape index (κ1) is 37.5. The molecule has 0 N–H and O–H groups in total. The van der Waals surface area contributed by atoms with Crippen molar-refractivity contribution in [2.45, 2.75) is 142 Å². The van der Waals surface area contributed by atoms with Crippen LogP contribution in [-0.4, -0.2) is 0 Å². The number of fused-ring (bicyclic) bond motifs is 6. The molecule has 6 rings (SSSR count). The van der Waals surface area contributed by atoms with Crippen molar-refractivity contribution in [3.8, 4) is 0 Å². The smallest absolute Gasteiger partial charge is 0.0281 e. The lowest BCUT2D eigenvalue weighted by Gasteiger charge is -2.52. The zero-order valence-corrected chi connectivity index (χ0v) is 28.8. The van der Waals surface area contributed by atoms with Crippen LogP contribution in [0.3, 0.4) is 0 Å². The maximum Gasteiger partial charge on any atom is 0.0281 e. The molecule has 234 valence electrons. The van der Waals surface area contributed by atoms with Gasteiger partial charge in [-0.2, -0.15) is 0 Å². The molecular weight excluding hydrogens is 492 g/mol. The minimum absolute atomic E-state index is 0. The van der Waals surface area contributed by atoms with Crippen LogP contribution >= 0.6 is 0 Å². The highest BCUT2D eigenvalue weighted by atomic mass is 14.6. The van der Waals surface area contributed by atoms with Gasteiger partial charge in [-0.25, -0.2) is 0 Å². The highest BCUT2D eigenvalue weighted by Gasteiger charge is 2.58. The third kappa shape index (κ3) is 6.53.